The number of nitrogens with one attached hydrogen (secondary N) is 1. The van der Waals surface area contributed by atoms with E-state index in [-0.39, 0.29) is 24.8 Å². The number of aliphatic hydroxyl groups excluding tert-OH is 2. The van der Waals surface area contributed by atoms with Gasteiger partial charge in [-0.3, -0.25) is 4.79 Å². The minimum Gasteiger partial charge on any atom is -0.394 e. The van der Waals surface area contributed by atoms with Crippen molar-refractivity contribution in [1.82, 2.24) is 25.5 Å². The topological polar surface area (TPSA) is 113 Å². The molecule has 1 fully saturated rings. The van der Waals surface area contributed by atoms with E-state index in [4.69, 9.17) is 10.2 Å². The molecule has 18 heavy (non-hydrogen) atoms. The lowest BCUT2D eigenvalue weighted by atomic mass is 10.4. The van der Waals surface area contributed by atoms with Crippen LogP contribution < -0.4 is 5.32 Å². The maximum Gasteiger partial charge on any atom is 0.230 e. The molecular weight excluding hydrogens is 258 g/mol. The van der Waals surface area contributed by atoms with Crippen molar-refractivity contribution < 1.29 is 15.0 Å². The van der Waals surface area contributed by atoms with Crippen molar-refractivity contribution in [2.45, 2.75) is 30.1 Å². The lowest BCUT2D eigenvalue weighted by Crippen LogP contribution is -2.34. The van der Waals surface area contributed by atoms with Crippen molar-refractivity contribution in [3.63, 3.8) is 0 Å². The Morgan fingerprint density at radius 2 is 2.39 bits per heavy atom. The number of tetrazole rings is 1. The number of hydrogen-bond acceptors (Lipinski definition) is 7. The molecule has 0 aromatic carbocycles. The Morgan fingerprint density at radius 3 is 3.06 bits per heavy atom. The van der Waals surface area contributed by atoms with Crippen LogP contribution in [0.2, 0.25) is 0 Å². The molecule has 1 aromatic rings. The van der Waals surface area contributed by atoms with Crippen LogP contribution in [-0.4, -0.2) is 61.3 Å². The van der Waals surface area contributed by atoms with Crippen LogP contribution in [0.25, 0.3) is 0 Å². The fourth-order valence-electron chi connectivity index (χ4n) is 1.31. The maximum absolute atomic E-state index is 11.5. The second-order valence-electron chi connectivity index (χ2n) is 4.07. The summed E-state index contributed by atoms with van der Waals surface area (Å²) in [4.78, 5) is 11.5. The Morgan fingerprint density at radius 1 is 1.61 bits per heavy atom. The van der Waals surface area contributed by atoms with E-state index in [9.17, 15) is 4.79 Å². The zero-order valence-electron chi connectivity index (χ0n) is 9.69. The monoisotopic (exact) mass is 273 g/mol. The normalized spacial score (nSPS) is 16.6. The third-order valence-corrected chi connectivity index (χ3v) is 3.37. The molecular formula is C9H15N5O3S. The highest BCUT2D eigenvalue weighted by molar-refractivity contribution is 7.99. The number of carbonyl (C=O) groups excluding carboxylic acids is 1. The molecule has 2 rings (SSSR count). The van der Waals surface area contributed by atoms with E-state index in [0.717, 1.165) is 12.8 Å². The van der Waals surface area contributed by atoms with E-state index < -0.39 is 6.10 Å². The smallest absolute Gasteiger partial charge is 0.230 e. The van der Waals surface area contributed by atoms with Gasteiger partial charge in [-0.15, -0.1) is 5.10 Å². The average molecular weight is 273 g/mol. The second kappa shape index (κ2) is 6.12. The van der Waals surface area contributed by atoms with Gasteiger partial charge in [-0.2, -0.15) is 0 Å². The summed E-state index contributed by atoms with van der Waals surface area (Å²) < 4.78 is 1.74. The summed E-state index contributed by atoms with van der Waals surface area (Å²) in [5.74, 6) is -0.0385. The number of hydrogen-bond donors (Lipinski definition) is 3. The third kappa shape index (κ3) is 3.65. The van der Waals surface area contributed by atoms with Crippen LogP contribution in [0, 0.1) is 0 Å². The number of amides is 1. The maximum atomic E-state index is 11.5. The summed E-state index contributed by atoms with van der Waals surface area (Å²) in [6, 6.07) is 0.377. The van der Waals surface area contributed by atoms with Crippen LogP contribution in [0.3, 0.4) is 0 Å². The minimum atomic E-state index is -0.921. The molecule has 1 aliphatic carbocycles. The molecule has 0 aliphatic heterocycles. The standard InChI is InChI=1S/C9H15N5O3S/c15-4-7(16)3-10-8(17)5-18-9-11-12-13-14(9)6-1-2-6/h6-7,15-16H,1-5H2,(H,10,17). The number of thioether (sulfide) groups is 1. The predicted molar refractivity (Wildman–Crippen MR) is 62.9 cm³/mol. The van der Waals surface area contributed by atoms with Crippen molar-refractivity contribution in [2.75, 3.05) is 18.9 Å². The second-order valence-corrected chi connectivity index (χ2v) is 5.01. The quantitative estimate of drug-likeness (QED) is 0.522. The van der Waals surface area contributed by atoms with E-state index >= 15 is 0 Å². The van der Waals surface area contributed by atoms with Gasteiger partial charge in [-0.1, -0.05) is 11.8 Å². The van der Waals surface area contributed by atoms with E-state index in [2.05, 4.69) is 20.8 Å². The molecule has 1 heterocycles. The van der Waals surface area contributed by atoms with Gasteiger partial charge < -0.3 is 15.5 Å². The fourth-order valence-corrected chi connectivity index (χ4v) is 2.08. The summed E-state index contributed by atoms with van der Waals surface area (Å²) in [5, 5.41) is 32.1. The van der Waals surface area contributed by atoms with Gasteiger partial charge in [0.2, 0.25) is 11.1 Å². The highest BCUT2D eigenvalue weighted by Crippen LogP contribution is 2.36. The van der Waals surface area contributed by atoms with Gasteiger partial charge in [-0.05, 0) is 23.3 Å². The summed E-state index contributed by atoms with van der Waals surface area (Å²) in [6.07, 6.45) is 1.23. The average Bonchev–Trinajstić information content (AvgIpc) is 3.12. The zero-order chi connectivity index (χ0) is 13.0. The van der Waals surface area contributed by atoms with Crippen LogP contribution in [0.5, 0.6) is 0 Å². The van der Waals surface area contributed by atoms with Crippen molar-refractivity contribution in [2.24, 2.45) is 0 Å². The van der Waals surface area contributed by atoms with Gasteiger partial charge in [0.05, 0.1) is 24.5 Å². The van der Waals surface area contributed by atoms with E-state index in [1.54, 1.807) is 4.68 Å². The van der Waals surface area contributed by atoms with Gasteiger partial charge >= 0.3 is 0 Å². The summed E-state index contributed by atoms with van der Waals surface area (Å²) >= 11 is 1.26. The Labute approximate surface area is 108 Å². The highest BCUT2D eigenvalue weighted by Gasteiger charge is 2.28. The molecule has 1 unspecified atom stereocenters. The molecule has 0 bridgehead atoms. The number of aliphatic hydroxyl groups is 2. The van der Waals surface area contributed by atoms with Crippen molar-refractivity contribution in [3.05, 3.63) is 0 Å². The van der Waals surface area contributed by atoms with Crippen LogP contribution in [0.15, 0.2) is 5.16 Å². The van der Waals surface area contributed by atoms with Crippen LogP contribution in [0.4, 0.5) is 0 Å². The number of rotatable bonds is 7. The SMILES string of the molecule is O=C(CSc1nnnn1C1CC1)NCC(O)CO. The van der Waals surface area contributed by atoms with E-state index in [1.165, 1.54) is 11.8 Å². The van der Waals surface area contributed by atoms with Gasteiger partial charge in [0, 0.05) is 6.54 Å². The Balaban J connectivity index is 1.73. The molecule has 9 heteroatoms. The Hall–Kier alpha value is -1.19. The molecule has 1 aliphatic rings. The molecule has 0 saturated heterocycles. The lowest BCUT2D eigenvalue weighted by molar-refractivity contribution is -0.119. The van der Waals surface area contributed by atoms with Gasteiger partial charge in [-0.25, -0.2) is 4.68 Å². The number of aromatic nitrogens is 4. The first kappa shape index (κ1) is 13.2. The van der Waals surface area contributed by atoms with Crippen LogP contribution in [0.1, 0.15) is 18.9 Å². The lowest BCUT2D eigenvalue weighted by Gasteiger charge is -2.08. The Bertz CT molecular complexity index is 409. The molecule has 0 radical (unpaired) electrons. The number of carbonyl (C=O) groups is 1. The number of nitrogens with zero attached hydrogens (tertiary/aromatic N) is 4. The van der Waals surface area contributed by atoms with Crippen LogP contribution >= 0.6 is 11.8 Å². The summed E-state index contributed by atoms with van der Waals surface area (Å²) in [6.45, 7) is -0.323. The first-order chi connectivity index (χ1) is 8.70. The zero-order valence-corrected chi connectivity index (χ0v) is 10.5. The van der Waals surface area contributed by atoms with Gasteiger partial charge in [0.1, 0.15) is 0 Å². The minimum absolute atomic E-state index is 0.0451. The first-order valence-electron chi connectivity index (χ1n) is 5.67. The largest absolute Gasteiger partial charge is 0.394 e. The molecule has 100 valence electrons. The van der Waals surface area contributed by atoms with Crippen molar-refractivity contribution in [1.29, 1.82) is 0 Å². The van der Waals surface area contributed by atoms with Crippen LogP contribution in [-0.2, 0) is 4.79 Å². The van der Waals surface area contributed by atoms with E-state index in [1.807, 2.05) is 0 Å². The highest BCUT2D eigenvalue weighted by atomic mass is 32.2. The summed E-state index contributed by atoms with van der Waals surface area (Å²) in [5.41, 5.74) is 0. The molecule has 1 saturated carbocycles. The van der Waals surface area contributed by atoms with Gasteiger partial charge in [0.25, 0.3) is 0 Å². The molecule has 1 amide bonds. The van der Waals surface area contributed by atoms with Crippen molar-refractivity contribution in [3.8, 4) is 0 Å². The van der Waals surface area contributed by atoms with Crippen molar-refractivity contribution >= 4 is 17.7 Å². The van der Waals surface area contributed by atoms with Gasteiger partial charge in [0.15, 0.2) is 0 Å². The van der Waals surface area contributed by atoms with E-state index in [0.29, 0.717) is 11.2 Å². The molecule has 1 aromatic heterocycles. The molecule has 1 atom stereocenters. The Kier molecular flexibility index (Phi) is 4.50. The molecule has 0 spiro atoms. The predicted octanol–water partition coefficient (Wildman–Crippen LogP) is -1.43. The fraction of sp³-hybridized carbons (Fsp3) is 0.778. The molecule has 8 nitrogen and oxygen atoms in total. The molecule has 3 N–H and O–H groups in total. The first-order valence-corrected chi connectivity index (χ1v) is 6.65. The summed E-state index contributed by atoms with van der Waals surface area (Å²) in [7, 11) is 0. The third-order valence-electron chi connectivity index (χ3n) is 2.43.